The first-order chi connectivity index (χ1) is 12.6. The van der Waals surface area contributed by atoms with E-state index in [0.29, 0.717) is 15.8 Å². The van der Waals surface area contributed by atoms with Gasteiger partial charge in [0.2, 0.25) is 0 Å². The molecule has 7 heteroatoms. The van der Waals surface area contributed by atoms with Crippen molar-refractivity contribution in [3.05, 3.63) is 67.7 Å². The summed E-state index contributed by atoms with van der Waals surface area (Å²) in [5.41, 5.74) is -0.583. The summed E-state index contributed by atoms with van der Waals surface area (Å²) in [6, 6.07) is 9.36. The maximum atomic E-state index is 13.0. The predicted molar refractivity (Wildman–Crippen MR) is 102 cm³/mol. The Morgan fingerprint density at radius 1 is 1.27 bits per heavy atom. The fourth-order valence-electron chi connectivity index (χ4n) is 2.92. The molecule has 3 rings (SSSR count). The average Bonchev–Trinajstić information content (AvgIpc) is 3.06. The number of aromatic nitrogens is 2. The summed E-state index contributed by atoms with van der Waals surface area (Å²) in [7, 11) is 1.24. The van der Waals surface area contributed by atoms with Crippen LogP contribution in [0.15, 0.2) is 46.0 Å². The van der Waals surface area contributed by atoms with Crippen LogP contribution in [-0.4, -0.2) is 22.6 Å². The summed E-state index contributed by atoms with van der Waals surface area (Å²) in [6.07, 6.45) is 2.92. The second-order valence-corrected chi connectivity index (χ2v) is 7.14. The number of ether oxygens (including phenoxy) is 1. The van der Waals surface area contributed by atoms with Gasteiger partial charge in [0.1, 0.15) is 4.83 Å². The average molecular weight is 372 g/mol. The van der Waals surface area contributed by atoms with Crippen LogP contribution in [0.4, 0.5) is 0 Å². The third-order valence-electron chi connectivity index (χ3n) is 4.25. The molecule has 2 heterocycles. The van der Waals surface area contributed by atoms with E-state index in [1.54, 1.807) is 30.3 Å². The van der Waals surface area contributed by atoms with E-state index in [9.17, 15) is 14.4 Å². The van der Waals surface area contributed by atoms with Crippen molar-refractivity contribution in [2.24, 2.45) is 0 Å². The number of nitrogens with one attached hydrogen (secondary N) is 1. The van der Waals surface area contributed by atoms with Crippen LogP contribution in [0.25, 0.3) is 10.2 Å². The van der Waals surface area contributed by atoms with Crippen molar-refractivity contribution in [2.45, 2.75) is 32.2 Å². The molecule has 0 saturated carbocycles. The minimum atomic E-state index is -1.12. The van der Waals surface area contributed by atoms with Crippen molar-refractivity contribution in [1.29, 1.82) is 0 Å². The lowest BCUT2D eigenvalue weighted by Gasteiger charge is -2.16. The zero-order valence-corrected chi connectivity index (χ0v) is 15.5. The van der Waals surface area contributed by atoms with Crippen LogP contribution in [0.3, 0.4) is 0 Å². The summed E-state index contributed by atoms with van der Waals surface area (Å²) in [5, 5.41) is 0.422. The monoisotopic (exact) mass is 372 g/mol. The molecule has 1 N–H and O–H groups in total. The van der Waals surface area contributed by atoms with Gasteiger partial charge in [-0.25, -0.2) is 14.2 Å². The second-order valence-electron chi connectivity index (χ2n) is 6.00. The van der Waals surface area contributed by atoms with Crippen LogP contribution in [0.2, 0.25) is 0 Å². The lowest BCUT2D eigenvalue weighted by atomic mass is 10.1. The third-order valence-corrected chi connectivity index (χ3v) is 5.36. The zero-order chi connectivity index (χ0) is 18.7. The molecular formula is C19H20N2O4S. The number of carbonyl (C=O) groups excluding carboxylic acids is 1. The van der Waals surface area contributed by atoms with Gasteiger partial charge in [-0.3, -0.25) is 9.78 Å². The van der Waals surface area contributed by atoms with Crippen LogP contribution in [0, 0.1) is 0 Å². The molecular weight excluding hydrogens is 352 g/mol. The van der Waals surface area contributed by atoms with Crippen LogP contribution in [0.1, 0.15) is 36.2 Å². The molecule has 0 bridgehead atoms. The lowest BCUT2D eigenvalue weighted by molar-refractivity contribution is -0.143. The summed E-state index contributed by atoms with van der Waals surface area (Å²) in [5.74, 6) is -0.662. The van der Waals surface area contributed by atoms with E-state index in [1.165, 1.54) is 18.4 Å². The topological polar surface area (TPSA) is 81.2 Å². The van der Waals surface area contributed by atoms with Gasteiger partial charge < -0.3 is 4.74 Å². The Hall–Kier alpha value is -2.67. The molecule has 3 aromatic rings. The fraction of sp³-hybridized carbons (Fsp3) is 0.316. The fourth-order valence-corrected chi connectivity index (χ4v) is 4.00. The van der Waals surface area contributed by atoms with Crippen LogP contribution >= 0.6 is 11.3 Å². The van der Waals surface area contributed by atoms with Gasteiger partial charge in [0.05, 0.1) is 12.5 Å². The highest BCUT2D eigenvalue weighted by atomic mass is 32.1. The first-order valence-electron chi connectivity index (χ1n) is 8.46. The highest BCUT2D eigenvalue weighted by molar-refractivity contribution is 7.18. The predicted octanol–water partition coefficient (Wildman–Crippen LogP) is 2.86. The summed E-state index contributed by atoms with van der Waals surface area (Å²) in [4.78, 5) is 42.3. The summed E-state index contributed by atoms with van der Waals surface area (Å²) in [6.45, 7) is 2.10. The molecule has 1 unspecified atom stereocenters. The minimum Gasteiger partial charge on any atom is -0.467 e. The smallest absolute Gasteiger partial charge is 0.333 e. The van der Waals surface area contributed by atoms with Gasteiger partial charge in [0, 0.05) is 4.88 Å². The highest BCUT2D eigenvalue weighted by Crippen LogP contribution is 2.23. The SMILES string of the molecule is CCCCc1cc2c(=O)n(C(C(=O)OC)c3ccccc3)c(=O)[nH]c2s1. The molecule has 0 aliphatic carbocycles. The van der Waals surface area contributed by atoms with E-state index in [1.807, 2.05) is 6.07 Å². The van der Waals surface area contributed by atoms with Crippen LogP contribution in [-0.2, 0) is 16.0 Å². The molecule has 0 aliphatic heterocycles. The molecule has 1 atom stereocenters. The molecule has 0 amide bonds. The van der Waals surface area contributed by atoms with Gasteiger partial charge in [-0.15, -0.1) is 11.3 Å². The molecule has 0 saturated heterocycles. The number of aromatic amines is 1. The van der Waals surface area contributed by atoms with E-state index < -0.39 is 23.3 Å². The van der Waals surface area contributed by atoms with E-state index >= 15 is 0 Å². The van der Waals surface area contributed by atoms with Gasteiger partial charge >= 0.3 is 11.7 Å². The number of fused-ring (bicyclic) bond motifs is 1. The minimum absolute atomic E-state index is 0.422. The Morgan fingerprint density at radius 2 is 2.00 bits per heavy atom. The largest absolute Gasteiger partial charge is 0.467 e. The van der Waals surface area contributed by atoms with Crippen molar-refractivity contribution < 1.29 is 9.53 Å². The Labute approximate surface area is 154 Å². The number of thiophene rings is 1. The molecule has 2 aromatic heterocycles. The number of esters is 1. The number of hydrogen-bond acceptors (Lipinski definition) is 5. The van der Waals surface area contributed by atoms with Gasteiger partial charge in [-0.2, -0.15) is 0 Å². The van der Waals surface area contributed by atoms with E-state index in [0.717, 1.165) is 28.7 Å². The quantitative estimate of drug-likeness (QED) is 0.675. The molecule has 0 radical (unpaired) electrons. The molecule has 26 heavy (non-hydrogen) atoms. The van der Waals surface area contributed by atoms with Crippen molar-refractivity contribution >= 4 is 27.5 Å². The number of unbranched alkanes of at least 4 members (excludes halogenated alkanes) is 1. The molecule has 0 fully saturated rings. The Bertz CT molecular complexity index is 1030. The normalized spacial score (nSPS) is 12.2. The number of hydrogen-bond donors (Lipinski definition) is 1. The van der Waals surface area contributed by atoms with Gasteiger partial charge in [0.15, 0.2) is 6.04 Å². The second kappa shape index (κ2) is 7.70. The molecule has 1 aromatic carbocycles. The van der Waals surface area contributed by atoms with E-state index in [4.69, 9.17) is 4.74 Å². The van der Waals surface area contributed by atoms with Gasteiger partial charge in [-0.1, -0.05) is 43.7 Å². The first-order valence-corrected chi connectivity index (χ1v) is 9.28. The summed E-state index contributed by atoms with van der Waals surface area (Å²) >= 11 is 1.41. The highest BCUT2D eigenvalue weighted by Gasteiger charge is 2.27. The van der Waals surface area contributed by atoms with Crippen LogP contribution < -0.4 is 11.2 Å². The molecule has 0 spiro atoms. The third kappa shape index (κ3) is 3.35. The van der Waals surface area contributed by atoms with Crippen molar-refractivity contribution in [1.82, 2.24) is 9.55 Å². The summed E-state index contributed by atoms with van der Waals surface area (Å²) < 4.78 is 5.80. The Kier molecular flexibility index (Phi) is 5.37. The van der Waals surface area contributed by atoms with E-state index in [-0.39, 0.29) is 0 Å². The number of benzene rings is 1. The number of H-pyrrole nitrogens is 1. The number of aryl methyl sites for hydroxylation is 1. The number of carbonyl (C=O) groups is 1. The lowest BCUT2D eigenvalue weighted by Crippen LogP contribution is -2.41. The number of rotatable bonds is 6. The first kappa shape index (κ1) is 18.1. The van der Waals surface area contributed by atoms with Crippen molar-refractivity contribution in [2.75, 3.05) is 7.11 Å². The van der Waals surface area contributed by atoms with Crippen molar-refractivity contribution in [3.63, 3.8) is 0 Å². The van der Waals surface area contributed by atoms with Crippen molar-refractivity contribution in [3.8, 4) is 0 Å². The molecule has 0 aliphatic rings. The Balaban J connectivity index is 2.20. The molecule has 136 valence electrons. The zero-order valence-electron chi connectivity index (χ0n) is 14.7. The standard InChI is InChI=1S/C19H20N2O4S/c1-3-4-10-13-11-14-16(26-13)20-19(24)21(17(14)22)15(18(23)25-2)12-8-6-5-7-9-12/h5-9,11,15H,3-4,10H2,1-2H3,(H,20,24). The maximum Gasteiger partial charge on any atom is 0.333 e. The van der Waals surface area contributed by atoms with E-state index in [2.05, 4.69) is 11.9 Å². The molecule has 6 nitrogen and oxygen atoms in total. The maximum absolute atomic E-state index is 13.0. The number of methoxy groups -OCH3 is 1. The Morgan fingerprint density at radius 3 is 2.65 bits per heavy atom. The van der Waals surface area contributed by atoms with Gasteiger partial charge in [-0.05, 0) is 24.5 Å². The number of nitrogens with zero attached hydrogens (tertiary/aromatic N) is 1. The van der Waals surface area contributed by atoms with Crippen LogP contribution in [0.5, 0.6) is 0 Å². The van der Waals surface area contributed by atoms with Gasteiger partial charge in [0.25, 0.3) is 5.56 Å².